The van der Waals surface area contributed by atoms with Gasteiger partial charge in [-0.3, -0.25) is 0 Å². The predicted molar refractivity (Wildman–Crippen MR) is 54.1 cm³/mol. The summed E-state index contributed by atoms with van der Waals surface area (Å²) in [7, 11) is 1.36. The minimum Gasteiger partial charge on any atom is -0.494 e. The van der Waals surface area contributed by atoms with Gasteiger partial charge in [0.15, 0.2) is 11.6 Å². The number of hydrogen-bond donors (Lipinski definition) is 1. The molecule has 0 saturated carbocycles. The molecule has 0 aliphatic carbocycles. The Balaban J connectivity index is 2.61. The third kappa shape index (κ3) is 3.56. The van der Waals surface area contributed by atoms with Gasteiger partial charge in [0.2, 0.25) is 6.61 Å². The Morgan fingerprint density at radius 1 is 1.62 bits per heavy atom. The van der Waals surface area contributed by atoms with Crippen LogP contribution in [-0.2, 0) is 9.63 Å². The van der Waals surface area contributed by atoms with Gasteiger partial charge in [0.1, 0.15) is 0 Å². The molecular formula is C10H10FNO4. The maximum atomic E-state index is 13.2. The topological polar surface area (TPSA) is 68.1 Å². The number of oxime groups is 1. The Hall–Kier alpha value is -2.11. The molecule has 1 rings (SSSR count). The van der Waals surface area contributed by atoms with Gasteiger partial charge in [-0.05, 0) is 23.8 Å². The molecule has 1 N–H and O–H groups in total. The van der Waals surface area contributed by atoms with Crippen molar-refractivity contribution < 1.29 is 23.9 Å². The number of methoxy groups -OCH3 is 1. The minimum atomic E-state index is -1.13. The van der Waals surface area contributed by atoms with Crippen molar-refractivity contribution in [2.75, 3.05) is 13.7 Å². The second-order valence-electron chi connectivity index (χ2n) is 2.80. The van der Waals surface area contributed by atoms with Gasteiger partial charge < -0.3 is 14.7 Å². The summed E-state index contributed by atoms with van der Waals surface area (Å²) in [5, 5.41) is 11.6. The second kappa shape index (κ2) is 5.69. The Morgan fingerprint density at radius 2 is 2.38 bits per heavy atom. The fraction of sp³-hybridized carbons (Fsp3) is 0.200. The van der Waals surface area contributed by atoms with Crippen LogP contribution < -0.4 is 4.74 Å². The van der Waals surface area contributed by atoms with Crippen molar-refractivity contribution in [2.45, 2.75) is 0 Å². The van der Waals surface area contributed by atoms with E-state index in [1.165, 1.54) is 25.5 Å². The van der Waals surface area contributed by atoms with Crippen LogP contribution in [0.15, 0.2) is 23.4 Å². The summed E-state index contributed by atoms with van der Waals surface area (Å²) in [5.74, 6) is -1.52. The van der Waals surface area contributed by atoms with Gasteiger partial charge in [-0.1, -0.05) is 5.16 Å². The molecule has 1 aromatic rings. The fourth-order valence-corrected chi connectivity index (χ4v) is 0.954. The third-order valence-electron chi connectivity index (χ3n) is 1.64. The molecule has 16 heavy (non-hydrogen) atoms. The molecular weight excluding hydrogens is 217 g/mol. The molecule has 0 unspecified atom stereocenters. The molecule has 0 atom stereocenters. The zero-order valence-electron chi connectivity index (χ0n) is 8.51. The Kier molecular flexibility index (Phi) is 4.26. The van der Waals surface area contributed by atoms with E-state index in [2.05, 4.69) is 9.99 Å². The maximum Gasteiger partial charge on any atom is 0.344 e. The molecule has 0 fully saturated rings. The van der Waals surface area contributed by atoms with Gasteiger partial charge in [-0.2, -0.15) is 0 Å². The first-order valence-electron chi connectivity index (χ1n) is 4.34. The number of hydrogen-bond acceptors (Lipinski definition) is 4. The first-order chi connectivity index (χ1) is 7.63. The molecule has 1 aromatic carbocycles. The van der Waals surface area contributed by atoms with E-state index in [1.54, 1.807) is 6.07 Å². The number of carbonyl (C=O) groups is 1. The van der Waals surface area contributed by atoms with E-state index in [1.807, 2.05) is 0 Å². The summed E-state index contributed by atoms with van der Waals surface area (Å²) in [5.41, 5.74) is 0.448. The monoisotopic (exact) mass is 227 g/mol. The zero-order valence-corrected chi connectivity index (χ0v) is 8.51. The highest BCUT2D eigenvalue weighted by molar-refractivity contribution is 5.79. The lowest BCUT2D eigenvalue weighted by Gasteiger charge is -2.01. The van der Waals surface area contributed by atoms with Crippen molar-refractivity contribution in [2.24, 2.45) is 5.16 Å². The Labute approximate surface area is 91.1 Å². The first-order valence-corrected chi connectivity index (χ1v) is 4.34. The summed E-state index contributed by atoms with van der Waals surface area (Å²) >= 11 is 0. The molecule has 0 aliphatic rings. The summed E-state index contributed by atoms with van der Waals surface area (Å²) in [6.07, 6.45) is 1.21. The van der Waals surface area contributed by atoms with E-state index < -0.39 is 18.4 Å². The van der Waals surface area contributed by atoms with Crippen molar-refractivity contribution in [3.8, 4) is 5.75 Å². The van der Waals surface area contributed by atoms with Gasteiger partial charge in [0.25, 0.3) is 0 Å². The lowest BCUT2D eigenvalue weighted by molar-refractivity contribution is -0.142. The molecule has 0 spiro atoms. The molecule has 6 heteroatoms. The van der Waals surface area contributed by atoms with Gasteiger partial charge in [-0.25, -0.2) is 9.18 Å². The number of carboxylic acid groups (broad SMARTS) is 1. The van der Waals surface area contributed by atoms with Crippen LogP contribution in [0.25, 0.3) is 0 Å². The smallest absolute Gasteiger partial charge is 0.344 e. The average molecular weight is 227 g/mol. The molecule has 0 bridgehead atoms. The van der Waals surface area contributed by atoms with Crippen LogP contribution in [0.1, 0.15) is 5.56 Å². The van der Waals surface area contributed by atoms with Crippen molar-refractivity contribution in [1.29, 1.82) is 0 Å². The van der Waals surface area contributed by atoms with E-state index in [0.717, 1.165) is 0 Å². The minimum absolute atomic E-state index is 0.128. The van der Waals surface area contributed by atoms with Gasteiger partial charge in [0, 0.05) is 0 Å². The number of aliphatic carboxylic acids is 1. The first kappa shape index (κ1) is 12.0. The number of rotatable bonds is 5. The van der Waals surface area contributed by atoms with E-state index >= 15 is 0 Å². The molecule has 5 nitrogen and oxygen atoms in total. The number of nitrogens with zero attached hydrogens (tertiary/aromatic N) is 1. The number of halogens is 1. The number of carboxylic acids is 1. The van der Waals surface area contributed by atoms with Crippen LogP contribution >= 0.6 is 0 Å². The molecule has 0 heterocycles. The molecule has 0 aliphatic heterocycles. The van der Waals surface area contributed by atoms with Crippen molar-refractivity contribution >= 4 is 12.2 Å². The van der Waals surface area contributed by atoms with Crippen LogP contribution in [0.2, 0.25) is 0 Å². The number of benzene rings is 1. The summed E-state index contributed by atoms with van der Waals surface area (Å²) in [4.78, 5) is 14.5. The van der Waals surface area contributed by atoms with E-state index in [-0.39, 0.29) is 5.75 Å². The average Bonchev–Trinajstić information content (AvgIpc) is 2.24. The van der Waals surface area contributed by atoms with Crippen LogP contribution in [0.4, 0.5) is 4.39 Å². The summed E-state index contributed by atoms with van der Waals surface area (Å²) in [6.45, 7) is -0.533. The van der Waals surface area contributed by atoms with Gasteiger partial charge in [-0.15, -0.1) is 0 Å². The van der Waals surface area contributed by atoms with Crippen LogP contribution in [0.5, 0.6) is 5.75 Å². The molecule has 0 radical (unpaired) electrons. The second-order valence-corrected chi connectivity index (χ2v) is 2.80. The van der Waals surface area contributed by atoms with Gasteiger partial charge >= 0.3 is 5.97 Å². The largest absolute Gasteiger partial charge is 0.494 e. The molecule has 0 amide bonds. The fourth-order valence-electron chi connectivity index (χ4n) is 0.954. The normalized spacial score (nSPS) is 10.4. The van der Waals surface area contributed by atoms with Gasteiger partial charge in [0.05, 0.1) is 13.3 Å². The molecule has 0 saturated heterocycles. The highest BCUT2D eigenvalue weighted by atomic mass is 19.1. The van der Waals surface area contributed by atoms with E-state index in [4.69, 9.17) is 9.84 Å². The van der Waals surface area contributed by atoms with Crippen LogP contribution in [-0.4, -0.2) is 31.0 Å². The van der Waals surface area contributed by atoms with Crippen LogP contribution in [0, 0.1) is 5.82 Å². The summed E-state index contributed by atoms with van der Waals surface area (Å²) in [6, 6.07) is 4.20. The standard InChI is InChI=1S/C10H10FNO4/c1-15-9-3-2-7(4-8(9)11)5-12-16-6-10(13)14/h2-5H,6H2,1H3,(H,13,14). The maximum absolute atomic E-state index is 13.2. The third-order valence-corrected chi connectivity index (χ3v) is 1.64. The lowest BCUT2D eigenvalue weighted by Crippen LogP contribution is -2.03. The van der Waals surface area contributed by atoms with Crippen molar-refractivity contribution in [1.82, 2.24) is 0 Å². The molecule has 86 valence electrons. The van der Waals surface area contributed by atoms with Crippen molar-refractivity contribution in [3.63, 3.8) is 0 Å². The number of ether oxygens (including phenoxy) is 1. The highest BCUT2D eigenvalue weighted by Gasteiger charge is 2.01. The SMILES string of the molecule is COc1ccc(C=NOCC(=O)O)cc1F. The predicted octanol–water partition coefficient (Wildman–Crippen LogP) is 1.27. The highest BCUT2D eigenvalue weighted by Crippen LogP contribution is 2.16. The summed E-state index contributed by atoms with van der Waals surface area (Å²) < 4.78 is 17.9. The molecule has 0 aromatic heterocycles. The Bertz CT molecular complexity index is 406. The quantitative estimate of drug-likeness (QED) is 0.607. The zero-order chi connectivity index (χ0) is 12.0. The van der Waals surface area contributed by atoms with E-state index in [0.29, 0.717) is 5.56 Å². The van der Waals surface area contributed by atoms with Crippen LogP contribution in [0.3, 0.4) is 0 Å². The van der Waals surface area contributed by atoms with E-state index in [9.17, 15) is 9.18 Å². The van der Waals surface area contributed by atoms with Crippen molar-refractivity contribution in [3.05, 3.63) is 29.6 Å². The lowest BCUT2D eigenvalue weighted by atomic mass is 10.2. The Morgan fingerprint density at radius 3 is 2.94 bits per heavy atom.